The topological polar surface area (TPSA) is 55.2 Å². The second-order valence-electron chi connectivity index (χ2n) is 3.52. The number of benzene rings is 1. The number of unbranched alkanes of at least 4 members (excludes halogenated alkanes) is 1. The summed E-state index contributed by atoms with van der Waals surface area (Å²) in [5, 5.41) is 14.2. The first-order valence-electron chi connectivity index (χ1n) is 5.32. The quantitative estimate of drug-likeness (QED) is 0.467. The molecule has 0 unspecified atom stereocenters. The van der Waals surface area contributed by atoms with Gasteiger partial charge in [-0.05, 0) is 30.9 Å². The van der Waals surface area contributed by atoms with E-state index in [0.717, 1.165) is 18.6 Å². The molecule has 0 atom stereocenters. The fourth-order valence-electron chi connectivity index (χ4n) is 1.42. The van der Waals surface area contributed by atoms with Crippen molar-refractivity contribution in [3.63, 3.8) is 0 Å². The number of para-hydroxylation sites is 1. The molecule has 0 fully saturated rings. The van der Waals surface area contributed by atoms with Gasteiger partial charge in [-0.2, -0.15) is 11.8 Å². The Morgan fingerprint density at radius 1 is 1.47 bits per heavy atom. The van der Waals surface area contributed by atoms with Gasteiger partial charge in [0.1, 0.15) is 5.69 Å². The van der Waals surface area contributed by atoms with Gasteiger partial charge in [0, 0.05) is 12.6 Å². The second-order valence-corrected chi connectivity index (χ2v) is 4.91. The van der Waals surface area contributed by atoms with E-state index in [1.54, 1.807) is 23.9 Å². The van der Waals surface area contributed by atoms with Crippen molar-refractivity contribution < 1.29 is 4.92 Å². The highest BCUT2D eigenvalue weighted by Gasteiger charge is 2.15. The van der Waals surface area contributed by atoms with Crippen molar-refractivity contribution in [2.45, 2.75) is 12.8 Å². The van der Waals surface area contributed by atoms with Crippen molar-refractivity contribution in [3.05, 3.63) is 33.3 Å². The van der Waals surface area contributed by atoms with E-state index in [2.05, 4.69) is 11.6 Å². The number of nitro groups is 1. The third kappa shape index (κ3) is 4.44. The van der Waals surface area contributed by atoms with Crippen LogP contribution in [-0.2, 0) is 0 Å². The van der Waals surface area contributed by atoms with Crippen LogP contribution in [0.5, 0.6) is 0 Å². The summed E-state index contributed by atoms with van der Waals surface area (Å²) < 4.78 is 0. The lowest BCUT2D eigenvalue weighted by Crippen LogP contribution is -2.05. The van der Waals surface area contributed by atoms with Crippen LogP contribution in [0.15, 0.2) is 18.2 Å². The number of halogens is 1. The van der Waals surface area contributed by atoms with Crippen LogP contribution in [0.4, 0.5) is 11.4 Å². The molecule has 17 heavy (non-hydrogen) atoms. The molecule has 0 spiro atoms. The lowest BCUT2D eigenvalue weighted by atomic mass is 10.2. The van der Waals surface area contributed by atoms with Crippen LogP contribution in [0, 0.1) is 10.1 Å². The highest BCUT2D eigenvalue weighted by atomic mass is 35.5. The molecular weight excluding hydrogens is 260 g/mol. The Morgan fingerprint density at radius 3 is 2.88 bits per heavy atom. The van der Waals surface area contributed by atoms with E-state index in [4.69, 9.17) is 11.6 Å². The van der Waals surface area contributed by atoms with Gasteiger partial charge in [0.15, 0.2) is 0 Å². The summed E-state index contributed by atoms with van der Waals surface area (Å²) in [5.41, 5.74) is 0.450. The molecular formula is C11H15ClN2O2S. The third-order valence-corrected chi connectivity index (χ3v) is 3.28. The van der Waals surface area contributed by atoms with Gasteiger partial charge < -0.3 is 5.32 Å². The molecule has 0 bridgehead atoms. The van der Waals surface area contributed by atoms with Crippen LogP contribution >= 0.6 is 23.4 Å². The van der Waals surface area contributed by atoms with Gasteiger partial charge in [-0.3, -0.25) is 10.1 Å². The number of anilines is 1. The number of nitro benzene ring substituents is 1. The number of hydrogen-bond donors (Lipinski definition) is 1. The van der Waals surface area contributed by atoms with E-state index in [9.17, 15) is 10.1 Å². The molecule has 0 saturated carbocycles. The van der Waals surface area contributed by atoms with Crippen molar-refractivity contribution in [3.8, 4) is 0 Å². The van der Waals surface area contributed by atoms with Crippen molar-refractivity contribution in [2.24, 2.45) is 0 Å². The molecule has 0 saturated heterocycles. The first kappa shape index (κ1) is 14.1. The maximum Gasteiger partial charge on any atom is 0.293 e. The Labute approximate surface area is 110 Å². The normalized spacial score (nSPS) is 10.2. The van der Waals surface area contributed by atoms with Gasteiger partial charge >= 0.3 is 0 Å². The number of hydrogen-bond acceptors (Lipinski definition) is 4. The Kier molecular flexibility index (Phi) is 6.15. The maximum atomic E-state index is 10.8. The summed E-state index contributed by atoms with van der Waals surface area (Å²) in [4.78, 5) is 10.4. The van der Waals surface area contributed by atoms with Crippen LogP contribution in [0.2, 0.25) is 5.02 Å². The molecule has 6 heteroatoms. The average Bonchev–Trinajstić information content (AvgIpc) is 2.30. The molecule has 0 aromatic heterocycles. The second kappa shape index (κ2) is 7.40. The SMILES string of the molecule is CSCCCCNc1c(Cl)cccc1[N+](=O)[O-]. The van der Waals surface area contributed by atoms with Crippen LogP contribution in [-0.4, -0.2) is 23.5 Å². The van der Waals surface area contributed by atoms with Crippen molar-refractivity contribution in [1.82, 2.24) is 0 Å². The van der Waals surface area contributed by atoms with E-state index in [0.29, 0.717) is 17.3 Å². The van der Waals surface area contributed by atoms with Gasteiger partial charge in [-0.1, -0.05) is 17.7 Å². The minimum atomic E-state index is -0.421. The Morgan fingerprint density at radius 2 is 2.24 bits per heavy atom. The minimum absolute atomic E-state index is 0.0300. The molecule has 0 aliphatic carbocycles. The Balaban J connectivity index is 2.60. The van der Waals surface area contributed by atoms with Crippen LogP contribution in [0.25, 0.3) is 0 Å². The molecule has 94 valence electrons. The number of rotatable bonds is 7. The summed E-state index contributed by atoms with van der Waals surface area (Å²) >= 11 is 7.74. The average molecular weight is 275 g/mol. The summed E-state index contributed by atoms with van der Waals surface area (Å²) in [6.07, 6.45) is 4.13. The van der Waals surface area contributed by atoms with Crippen LogP contribution in [0.3, 0.4) is 0 Å². The zero-order chi connectivity index (χ0) is 12.7. The summed E-state index contributed by atoms with van der Waals surface area (Å²) in [7, 11) is 0. The summed E-state index contributed by atoms with van der Waals surface area (Å²) in [6, 6.07) is 4.69. The lowest BCUT2D eigenvalue weighted by Gasteiger charge is -2.08. The molecule has 1 rings (SSSR count). The van der Waals surface area contributed by atoms with Crippen LogP contribution in [0.1, 0.15) is 12.8 Å². The molecule has 0 aliphatic heterocycles. The smallest absolute Gasteiger partial charge is 0.293 e. The van der Waals surface area contributed by atoms with E-state index in [1.807, 2.05) is 0 Å². The molecule has 1 N–H and O–H groups in total. The largest absolute Gasteiger partial charge is 0.378 e. The lowest BCUT2D eigenvalue weighted by molar-refractivity contribution is -0.383. The molecule has 1 aromatic carbocycles. The molecule has 1 aromatic rings. The van der Waals surface area contributed by atoms with Crippen molar-refractivity contribution >= 4 is 34.7 Å². The standard InChI is InChI=1S/C11H15ClN2O2S/c1-17-8-3-2-7-13-11-9(12)5-4-6-10(11)14(15)16/h4-6,13H,2-3,7-8H2,1H3. The predicted octanol–water partition coefficient (Wildman–Crippen LogP) is 3.80. The van der Waals surface area contributed by atoms with Gasteiger partial charge in [0.25, 0.3) is 5.69 Å². The molecule has 0 amide bonds. The van der Waals surface area contributed by atoms with Gasteiger partial charge in [0.05, 0.1) is 9.95 Å². The molecule has 0 heterocycles. The molecule has 0 radical (unpaired) electrons. The van der Waals surface area contributed by atoms with Crippen LogP contribution < -0.4 is 5.32 Å². The number of nitrogens with one attached hydrogen (secondary N) is 1. The highest BCUT2D eigenvalue weighted by Crippen LogP contribution is 2.31. The summed E-state index contributed by atoms with van der Waals surface area (Å²) in [5.74, 6) is 1.10. The Bertz CT molecular complexity index is 388. The van der Waals surface area contributed by atoms with Gasteiger partial charge in [-0.15, -0.1) is 0 Å². The van der Waals surface area contributed by atoms with E-state index < -0.39 is 4.92 Å². The molecule has 0 aliphatic rings. The maximum absolute atomic E-state index is 10.8. The van der Waals surface area contributed by atoms with Gasteiger partial charge in [-0.25, -0.2) is 0 Å². The first-order valence-corrected chi connectivity index (χ1v) is 7.09. The van der Waals surface area contributed by atoms with Crippen molar-refractivity contribution in [2.75, 3.05) is 23.9 Å². The van der Waals surface area contributed by atoms with E-state index in [1.165, 1.54) is 6.07 Å². The van der Waals surface area contributed by atoms with Gasteiger partial charge in [0.2, 0.25) is 0 Å². The number of nitrogens with zero attached hydrogens (tertiary/aromatic N) is 1. The number of thioether (sulfide) groups is 1. The summed E-state index contributed by atoms with van der Waals surface area (Å²) in [6.45, 7) is 0.700. The zero-order valence-corrected chi connectivity index (χ0v) is 11.2. The Hall–Kier alpha value is -0.940. The van der Waals surface area contributed by atoms with Crippen molar-refractivity contribution in [1.29, 1.82) is 0 Å². The zero-order valence-electron chi connectivity index (χ0n) is 9.61. The first-order chi connectivity index (χ1) is 8.16. The monoisotopic (exact) mass is 274 g/mol. The highest BCUT2D eigenvalue weighted by molar-refractivity contribution is 7.98. The predicted molar refractivity (Wildman–Crippen MR) is 74.2 cm³/mol. The van der Waals surface area contributed by atoms with E-state index >= 15 is 0 Å². The fraction of sp³-hybridized carbons (Fsp3) is 0.455. The minimum Gasteiger partial charge on any atom is -0.378 e. The third-order valence-electron chi connectivity index (χ3n) is 2.27. The fourth-order valence-corrected chi connectivity index (χ4v) is 2.15. The molecule has 4 nitrogen and oxygen atoms in total. The van der Waals surface area contributed by atoms with E-state index in [-0.39, 0.29) is 5.69 Å².